The lowest BCUT2D eigenvalue weighted by molar-refractivity contribution is -0.137. The number of halogens is 1. The van der Waals surface area contributed by atoms with Crippen molar-refractivity contribution in [1.29, 1.82) is 0 Å². The van der Waals surface area contributed by atoms with Gasteiger partial charge in [-0.15, -0.1) is 12.4 Å². The number of carboxylic acid groups (broad SMARTS) is 1. The summed E-state index contributed by atoms with van der Waals surface area (Å²) in [4.78, 5) is 31.9. The van der Waals surface area contributed by atoms with Crippen LogP contribution in [0.25, 0.3) is 0 Å². The van der Waals surface area contributed by atoms with E-state index in [2.05, 4.69) is 30.0 Å². The molecule has 0 unspecified atom stereocenters. The molecule has 1 N–H and O–H groups in total. The SMILES string of the molecule is CN(C)[C@]1(c2ccccn2)CC[C@@]2(CC1)CC(=O)N(CCCC(=O)O)C2.Cl. The Morgan fingerprint density at radius 2 is 1.96 bits per heavy atom. The van der Waals surface area contributed by atoms with Crippen LogP contribution in [0.4, 0.5) is 0 Å². The highest BCUT2D eigenvalue weighted by molar-refractivity contribution is 5.85. The molecule has 1 spiro atoms. The number of carboxylic acids is 1. The molecule has 0 aromatic carbocycles. The number of hydrogen-bond donors (Lipinski definition) is 1. The lowest BCUT2D eigenvalue weighted by atomic mass is 9.65. The van der Waals surface area contributed by atoms with Crippen molar-refractivity contribution in [3.05, 3.63) is 30.1 Å². The summed E-state index contributed by atoms with van der Waals surface area (Å²) in [5.41, 5.74) is 1.10. The van der Waals surface area contributed by atoms with Crippen molar-refractivity contribution in [2.45, 2.75) is 50.5 Å². The van der Waals surface area contributed by atoms with Crippen LogP contribution in [0.2, 0.25) is 0 Å². The van der Waals surface area contributed by atoms with Crippen LogP contribution in [0.5, 0.6) is 0 Å². The van der Waals surface area contributed by atoms with Gasteiger partial charge in [0.1, 0.15) is 0 Å². The highest BCUT2D eigenvalue weighted by Gasteiger charge is 2.50. The van der Waals surface area contributed by atoms with Gasteiger partial charge in [-0.2, -0.15) is 0 Å². The predicted molar refractivity (Wildman–Crippen MR) is 106 cm³/mol. The third-order valence-corrected chi connectivity index (χ3v) is 6.36. The van der Waals surface area contributed by atoms with Gasteiger partial charge >= 0.3 is 5.97 Å². The van der Waals surface area contributed by atoms with E-state index in [0.29, 0.717) is 19.4 Å². The standard InChI is InChI=1S/C20H29N3O3.ClH/c1-22(2)20(16-6-3-4-12-21-16)10-8-19(9-11-20)14-17(24)23(15-19)13-5-7-18(25)26;/h3-4,6,12H,5,7-11,13-15H2,1-2H3,(H,25,26);1H/t19-,20-;. The lowest BCUT2D eigenvalue weighted by Crippen LogP contribution is -2.48. The highest BCUT2D eigenvalue weighted by atomic mass is 35.5. The van der Waals surface area contributed by atoms with E-state index < -0.39 is 5.97 Å². The zero-order valence-electron chi connectivity index (χ0n) is 16.2. The van der Waals surface area contributed by atoms with Crippen molar-refractivity contribution in [3.8, 4) is 0 Å². The van der Waals surface area contributed by atoms with Crippen molar-refractivity contribution in [3.63, 3.8) is 0 Å². The average Bonchev–Trinajstić information content (AvgIpc) is 2.91. The van der Waals surface area contributed by atoms with E-state index >= 15 is 0 Å². The molecule has 1 saturated heterocycles. The molecule has 2 aliphatic rings. The highest BCUT2D eigenvalue weighted by Crippen LogP contribution is 2.51. The van der Waals surface area contributed by atoms with Gasteiger partial charge in [-0.25, -0.2) is 0 Å². The van der Waals surface area contributed by atoms with Gasteiger partial charge in [0.25, 0.3) is 0 Å². The van der Waals surface area contributed by atoms with Crippen LogP contribution in [0.15, 0.2) is 24.4 Å². The summed E-state index contributed by atoms with van der Waals surface area (Å²) in [7, 11) is 4.23. The number of likely N-dealkylation sites (tertiary alicyclic amines) is 1. The van der Waals surface area contributed by atoms with Crippen molar-refractivity contribution in [1.82, 2.24) is 14.8 Å². The third-order valence-electron chi connectivity index (χ3n) is 6.36. The summed E-state index contributed by atoms with van der Waals surface area (Å²) in [5.74, 6) is -0.610. The van der Waals surface area contributed by atoms with Gasteiger partial charge < -0.3 is 10.0 Å². The molecule has 1 saturated carbocycles. The molecule has 150 valence electrons. The van der Waals surface area contributed by atoms with Crippen LogP contribution in [0.1, 0.15) is 50.6 Å². The van der Waals surface area contributed by atoms with Crippen LogP contribution in [-0.4, -0.2) is 59.0 Å². The number of amides is 1. The second-order valence-corrected chi connectivity index (χ2v) is 8.13. The summed E-state index contributed by atoms with van der Waals surface area (Å²) in [5, 5.41) is 8.80. The third kappa shape index (κ3) is 4.43. The number of nitrogens with zero attached hydrogens (tertiary/aromatic N) is 3. The van der Waals surface area contributed by atoms with Gasteiger partial charge in [-0.1, -0.05) is 6.07 Å². The Balaban J connectivity index is 0.00000261. The monoisotopic (exact) mass is 395 g/mol. The maximum atomic E-state index is 12.4. The molecule has 1 aliphatic carbocycles. The fraction of sp³-hybridized carbons (Fsp3) is 0.650. The van der Waals surface area contributed by atoms with Gasteiger partial charge in [-0.3, -0.25) is 19.5 Å². The fourth-order valence-electron chi connectivity index (χ4n) is 4.71. The number of carbonyl (C=O) groups excluding carboxylic acids is 1. The predicted octanol–water partition coefficient (Wildman–Crippen LogP) is 2.92. The van der Waals surface area contributed by atoms with E-state index in [-0.39, 0.29) is 35.7 Å². The molecule has 27 heavy (non-hydrogen) atoms. The first-order valence-corrected chi connectivity index (χ1v) is 9.45. The molecule has 1 aromatic heterocycles. The quantitative estimate of drug-likeness (QED) is 0.801. The van der Waals surface area contributed by atoms with Crippen LogP contribution < -0.4 is 0 Å². The Bertz CT molecular complexity index is 658. The first kappa shape index (κ1) is 21.6. The molecule has 1 aliphatic heterocycles. The molecule has 0 atom stereocenters. The molecule has 1 aromatic rings. The number of aromatic nitrogens is 1. The van der Waals surface area contributed by atoms with E-state index in [4.69, 9.17) is 5.11 Å². The largest absolute Gasteiger partial charge is 0.481 e. The van der Waals surface area contributed by atoms with Crippen LogP contribution in [0, 0.1) is 5.41 Å². The zero-order chi connectivity index (χ0) is 18.8. The van der Waals surface area contributed by atoms with E-state index in [1.165, 1.54) is 0 Å². The fourth-order valence-corrected chi connectivity index (χ4v) is 4.71. The van der Waals surface area contributed by atoms with E-state index in [1.54, 1.807) is 0 Å². The number of carbonyl (C=O) groups is 2. The number of aliphatic carboxylic acids is 1. The Kier molecular flexibility index (Phi) is 6.87. The Hall–Kier alpha value is -1.66. The van der Waals surface area contributed by atoms with Crippen molar-refractivity contribution in [2.75, 3.05) is 27.2 Å². The maximum absolute atomic E-state index is 12.4. The molecule has 3 rings (SSSR count). The summed E-state index contributed by atoms with van der Waals surface area (Å²) < 4.78 is 0. The maximum Gasteiger partial charge on any atom is 0.303 e. The smallest absolute Gasteiger partial charge is 0.303 e. The Morgan fingerprint density at radius 3 is 2.52 bits per heavy atom. The first-order chi connectivity index (χ1) is 12.4. The van der Waals surface area contributed by atoms with Crippen molar-refractivity contribution >= 4 is 24.3 Å². The van der Waals surface area contributed by atoms with Crippen LogP contribution >= 0.6 is 12.4 Å². The van der Waals surface area contributed by atoms with Gasteiger partial charge in [0, 0.05) is 32.1 Å². The second-order valence-electron chi connectivity index (χ2n) is 8.13. The molecular weight excluding hydrogens is 366 g/mol. The Morgan fingerprint density at radius 1 is 1.26 bits per heavy atom. The molecule has 2 fully saturated rings. The number of hydrogen-bond acceptors (Lipinski definition) is 4. The molecule has 2 heterocycles. The Labute approximate surface area is 167 Å². The van der Waals surface area contributed by atoms with Crippen molar-refractivity contribution < 1.29 is 14.7 Å². The van der Waals surface area contributed by atoms with Gasteiger partial charge in [0.05, 0.1) is 11.2 Å². The summed E-state index contributed by atoms with van der Waals surface area (Å²) in [6.07, 6.45) is 7.11. The van der Waals surface area contributed by atoms with E-state index in [9.17, 15) is 9.59 Å². The van der Waals surface area contributed by atoms with Gasteiger partial charge in [0.2, 0.25) is 5.91 Å². The second kappa shape index (κ2) is 8.57. The molecule has 0 bridgehead atoms. The zero-order valence-corrected chi connectivity index (χ0v) is 17.0. The number of pyridine rings is 1. The van der Waals surface area contributed by atoms with Crippen LogP contribution in [-0.2, 0) is 15.1 Å². The normalized spacial score (nSPS) is 27.8. The molecule has 7 heteroatoms. The molecule has 1 amide bonds. The minimum absolute atomic E-state index is 0. The lowest BCUT2D eigenvalue weighted by Gasteiger charge is -2.48. The minimum atomic E-state index is -0.796. The number of rotatable bonds is 6. The molecule has 6 nitrogen and oxygen atoms in total. The van der Waals surface area contributed by atoms with E-state index in [1.807, 2.05) is 23.2 Å². The molecule has 0 radical (unpaired) electrons. The topological polar surface area (TPSA) is 73.7 Å². The summed E-state index contributed by atoms with van der Waals surface area (Å²) in [6, 6.07) is 6.10. The van der Waals surface area contributed by atoms with Crippen LogP contribution in [0.3, 0.4) is 0 Å². The van der Waals surface area contributed by atoms with Gasteiger partial charge in [0.15, 0.2) is 0 Å². The average molecular weight is 396 g/mol. The molecular formula is C20H30ClN3O3. The van der Waals surface area contributed by atoms with Crippen molar-refractivity contribution in [2.24, 2.45) is 5.41 Å². The van der Waals surface area contributed by atoms with E-state index in [0.717, 1.165) is 37.9 Å². The summed E-state index contributed by atoms with van der Waals surface area (Å²) >= 11 is 0. The minimum Gasteiger partial charge on any atom is -0.481 e. The summed E-state index contributed by atoms with van der Waals surface area (Å²) in [6.45, 7) is 1.34. The first-order valence-electron chi connectivity index (χ1n) is 9.45. The van der Waals surface area contributed by atoms with Gasteiger partial charge in [-0.05, 0) is 63.7 Å².